The fourth-order valence-corrected chi connectivity index (χ4v) is 3.72. The third-order valence-corrected chi connectivity index (χ3v) is 5.32. The van der Waals surface area contributed by atoms with Crippen LogP contribution in [0, 0.1) is 22.4 Å². The van der Waals surface area contributed by atoms with Crippen molar-refractivity contribution in [2.75, 3.05) is 18.4 Å². The summed E-state index contributed by atoms with van der Waals surface area (Å²) in [5.74, 6) is -0.571. The summed E-state index contributed by atoms with van der Waals surface area (Å²) in [6.07, 6.45) is 1.96. The molecule has 166 valence electrons. The number of nitrogens with zero attached hydrogens (tertiary/aromatic N) is 2. The quantitative estimate of drug-likeness (QED) is 0.296. The Morgan fingerprint density at radius 1 is 1.27 bits per heavy atom. The van der Waals surface area contributed by atoms with Crippen molar-refractivity contribution in [1.29, 1.82) is 5.41 Å². The van der Waals surface area contributed by atoms with Crippen LogP contribution in [0.5, 0.6) is 0 Å². The first-order chi connectivity index (χ1) is 13.8. The molecule has 8 heteroatoms. The minimum absolute atomic E-state index is 0.0227. The van der Waals surface area contributed by atoms with Gasteiger partial charge in [-0.15, -0.1) is 0 Å². The van der Waals surface area contributed by atoms with E-state index in [-0.39, 0.29) is 27.9 Å². The maximum Gasteiger partial charge on any atom is 0.352 e. The molecule has 1 heterocycles. The van der Waals surface area contributed by atoms with Gasteiger partial charge in [0.1, 0.15) is 17.0 Å². The summed E-state index contributed by atoms with van der Waals surface area (Å²) < 4.78 is 5.31. The van der Waals surface area contributed by atoms with Crippen LogP contribution in [0.1, 0.15) is 59.4 Å². The second-order valence-electron chi connectivity index (χ2n) is 9.65. The lowest BCUT2D eigenvalue weighted by atomic mass is 9.91. The molecular formula is C22H34N4O4. The van der Waals surface area contributed by atoms with Crippen molar-refractivity contribution in [3.05, 3.63) is 33.9 Å². The molecule has 0 atom stereocenters. The van der Waals surface area contributed by atoms with E-state index in [1.807, 2.05) is 26.8 Å². The fourth-order valence-electron chi connectivity index (χ4n) is 3.72. The number of benzene rings is 1. The zero-order valence-corrected chi connectivity index (χ0v) is 18.9. The van der Waals surface area contributed by atoms with Gasteiger partial charge in [-0.1, -0.05) is 6.07 Å². The number of anilines is 1. The summed E-state index contributed by atoms with van der Waals surface area (Å²) in [4.78, 5) is 25.4. The predicted octanol–water partition coefficient (Wildman–Crippen LogP) is 4.31. The van der Waals surface area contributed by atoms with Crippen LogP contribution >= 0.6 is 0 Å². The number of nitro groups is 1. The molecule has 0 radical (unpaired) electrons. The third-order valence-electron chi connectivity index (χ3n) is 5.32. The maximum atomic E-state index is 12.2. The Morgan fingerprint density at radius 2 is 1.87 bits per heavy atom. The lowest BCUT2D eigenvalue weighted by Crippen LogP contribution is -2.51. The smallest absolute Gasteiger partial charge is 0.352 e. The van der Waals surface area contributed by atoms with Crippen molar-refractivity contribution in [1.82, 2.24) is 4.90 Å². The van der Waals surface area contributed by atoms with Crippen molar-refractivity contribution in [3.63, 3.8) is 0 Å². The fraction of sp³-hybridized carbons (Fsp3) is 0.636. The number of esters is 1. The van der Waals surface area contributed by atoms with E-state index in [2.05, 4.69) is 10.2 Å². The van der Waals surface area contributed by atoms with Crippen molar-refractivity contribution < 1.29 is 14.5 Å². The number of piperidine rings is 1. The van der Waals surface area contributed by atoms with Gasteiger partial charge < -0.3 is 10.1 Å². The number of rotatable bonds is 7. The number of carbonyl (C=O) groups is 1. The third kappa shape index (κ3) is 6.52. The van der Waals surface area contributed by atoms with Crippen LogP contribution in [-0.4, -0.2) is 51.8 Å². The highest BCUT2D eigenvalue weighted by Crippen LogP contribution is 2.30. The molecule has 0 bridgehead atoms. The minimum Gasteiger partial charge on any atom is -0.456 e. The summed E-state index contributed by atoms with van der Waals surface area (Å²) in [7, 11) is 0. The largest absolute Gasteiger partial charge is 0.456 e. The Kier molecular flexibility index (Phi) is 7.23. The molecule has 0 saturated carbocycles. The molecule has 1 fully saturated rings. The molecule has 1 aromatic carbocycles. The van der Waals surface area contributed by atoms with Gasteiger partial charge in [-0.25, -0.2) is 4.79 Å². The van der Waals surface area contributed by atoms with Crippen LogP contribution < -0.4 is 5.32 Å². The van der Waals surface area contributed by atoms with Crippen molar-refractivity contribution >= 4 is 23.1 Å². The predicted molar refractivity (Wildman–Crippen MR) is 118 cm³/mol. The van der Waals surface area contributed by atoms with Gasteiger partial charge in [0.15, 0.2) is 0 Å². The zero-order valence-electron chi connectivity index (χ0n) is 18.9. The lowest BCUT2D eigenvalue weighted by Gasteiger charge is -2.43. The Morgan fingerprint density at radius 3 is 2.40 bits per heavy atom. The molecule has 0 amide bonds. The van der Waals surface area contributed by atoms with E-state index < -0.39 is 11.6 Å². The first kappa shape index (κ1) is 23.8. The zero-order chi connectivity index (χ0) is 22.7. The van der Waals surface area contributed by atoms with Gasteiger partial charge >= 0.3 is 5.97 Å². The number of nitro benzene ring substituents is 1. The van der Waals surface area contributed by atoms with Crippen LogP contribution in [0.2, 0.25) is 0 Å². The van der Waals surface area contributed by atoms with E-state index in [0.29, 0.717) is 12.1 Å². The van der Waals surface area contributed by atoms with E-state index in [4.69, 9.17) is 10.1 Å². The van der Waals surface area contributed by atoms with Crippen LogP contribution in [0.4, 0.5) is 11.4 Å². The highest BCUT2D eigenvalue weighted by atomic mass is 16.6. The monoisotopic (exact) mass is 418 g/mol. The second-order valence-corrected chi connectivity index (χ2v) is 9.65. The molecule has 8 nitrogen and oxygen atoms in total. The molecule has 0 aromatic heterocycles. The molecule has 1 aromatic rings. The Labute approximate surface area is 178 Å². The molecular weight excluding hydrogens is 384 g/mol. The highest BCUT2D eigenvalue weighted by Gasteiger charge is 2.34. The van der Waals surface area contributed by atoms with E-state index in [1.165, 1.54) is 0 Å². The molecule has 0 aliphatic carbocycles. The average Bonchev–Trinajstić information content (AvgIpc) is 2.61. The Balaban J connectivity index is 1.94. The number of nitrogens with one attached hydrogen (secondary N) is 2. The van der Waals surface area contributed by atoms with Crippen molar-refractivity contribution in [2.24, 2.45) is 0 Å². The van der Waals surface area contributed by atoms with Crippen LogP contribution in [0.15, 0.2) is 18.2 Å². The highest BCUT2D eigenvalue weighted by molar-refractivity contribution is 6.35. The average molecular weight is 419 g/mol. The summed E-state index contributed by atoms with van der Waals surface area (Å²) in [5.41, 5.74) is 0.519. The Bertz CT molecular complexity index is 806. The van der Waals surface area contributed by atoms with E-state index in [0.717, 1.165) is 31.5 Å². The molecule has 1 aliphatic heterocycles. The summed E-state index contributed by atoms with van der Waals surface area (Å²) >= 11 is 0. The van der Waals surface area contributed by atoms with E-state index in [9.17, 15) is 14.9 Å². The van der Waals surface area contributed by atoms with E-state index in [1.54, 1.807) is 32.9 Å². The first-order valence-electron chi connectivity index (χ1n) is 10.4. The van der Waals surface area contributed by atoms with Gasteiger partial charge in [0, 0.05) is 37.2 Å². The second kappa shape index (κ2) is 9.12. The topological polar surface area (TPSA) is 109 Å². The molecule has 1 saturated heterocycles. The number of likely N-dealkylation sites (tertiary alicyclic amines) is 1. The number of hydrogen-bond donors (Lipinski definition) is 2. The molecule has 1 aliphatic rings. The van der Waals surface area contributed by atoms with Gasteiger partial charge in [-0.2, -0.15) is 0 Å². The van der Waals surface area contributed by atoms with Crippen LogP contribution in [-0.2, 0) is 9.53 Å². The van der Waals surface area contributed by atoms with Gasteiger partial charge in [0.05, 0.1) is 4.92 Å². The summed E-state index contributed by atoms with van der Waals surface area (Å²) in [6.45, 7) is 12.8. The van der Waals surface area contributed by atoms with Crippen LogP contribution in [0.25, 0.3) is 0 Å². The molecule has 30 heavy (non-hydrogen) atoms. The number of hydrogen-bond acceptors (Lipinski definition) is 7. The molecule has 2 N–H and O–H groups in total. The van der Waals surface area contributed by atoms with Gasteiger partial charge in [-0.3, -0.25) is 20.4 Å². The minimum atomic E-state index is -0.615. The lowest BCUT2D eigenvalue weighted by molar-refractivity contribution is -0.384. The maximum absolute atomic E-state index is 12.2. The number of carbonyl (C=O) groups excluding carboxylic acids is 1. The SMILES string of the molecule is Cc1ccc(NC2CCN(C(C)(C)CC(=N)C(=O)OC(C)(C)C)CC2)c([N+](=O)[O-])c1. The molecule has 0 spiro atoms. The van der Waals surface area contributed by atoms with Crippen molar-refractivity contribution in [2.45, 2.75) is 78.0 Å². The van der Waals surface area contributed by atoms with Gasteiger partial charge in [0.2, 0.25) is 0 Å². The molecule has 0 unspecified atom stereocenters. The summed E-state index contributed by atoms with van der Waals surface area (Å²) in [5, 5.41) is 22.8. The first-order valence-corrected chi connectivity index (χ1v) is 10.4. The number of aryl methyl sites for hydroxylation is 1. The standard InChI is InChI=1S/C22H34N4O4/c1-15-7-8-18(19(13-15)26(28)29)24-16-9-11-25(12-10-16)22(5,6)14-17(23)20(27)30-21(2,3)4/h7-8,13,16,23-24H,9-12,14H2,1-6H3. The normalized spacial score (nSPS) is 16.2. The number of ether oxygens (including phenoxy) is 1. The van der Waals surface area contributed by atoms with E-state index >= 15 is 0 Å². The van der Waals surface area contributed by atoms with Crippen molar-refractivity contribution in [3.8, 4) is 0 Å². The van der Waals surface area contributed by atoms with Gasteiger partial charge in [0.25, 0.3) is 5.69 Å². The Hall–Kier alpha value is -2.48. The van der Waals surface area contributed by atoms with Gasteiger partial charge in [-0.05, 0) is 66.0 Å². The summed E-state index contributed by atoms with van der Waals surface area (Å²) in [6, 6.07) is 5.37. The van der Waals surface area contributed by atoms with Crippen LogP contribution in [0.3, 0.4) is 0 Å². The molecule has 2 rings (SSSR count).